The lowest BCUT2D eigenvalue weighted by Crippen LogP contribution is -2.48. The van der Waals surface area contributed by atoms with E-state index in [1.807, 2.05) is 29.2 Å². The van der Waals surface area contributed by atoms with Crippen molar-refractivity contribution in [3.63, 3.8) is 0 Å². The molecule has 0 saturated carbocycles. The molecule has 3 rings (SSSR count). The molecule has 1 atom stereocenters. The number of rotatable bonds is 6. The Morgan fingerprint density at radius 3 is 2.81 bits per heavy atom. The van der Waals surface area contributed by atoms with Crippen molar-refractivity contribution in [2.24, 2.45) is 0 Å². The van der Waals surface area contributed by atoms with Crippen LogP contribution in [0.5, 0.6) is 5.75 Å². The number of nitrogens with zero attached hydrogens (tertiary/aromatic N) is 1. The van der Waals surface area contributed by atoms with Crippen LogP contribution in [-0.4, -0.2) is 37.6 Å². The molecular weight excluding hydrogens is 350 g/mol. The molecule has 1 unspecified atom stereocenters. The molecule has 1 N–H and O–H groups in total. The molecule has 1 heterocycles. The van der Waals surface area contributed by atoms with Gasteiger partial charge in [0.2, 0.25) is 5.91 Å². The standard InChI is InChI=1S/C21H24F2N2O2/c1-27-20-7-3-2-6-16(20)19-14-24-11-12-25(19)21(26)8-4-5-15-9-10-17(22)18(23)13-15/h2-3,6-7,9-10,13,19,24H,4-5,8,11-12,14H2,1H3. The zero-order valence-electron chi connectivity index (χ0n) is 15.4. The monoisotopic (exact) mass is 374 g/mol. The number of carbonyl (C=O) groups excluding carboxylic acids is 1. The molecule has 1 aliphatic rings. The number of nitrogens with one attached hydrogen (secondary N) is 1. The highest BCUT2D eigenvalue weighted by atomic mass is 19.2. The van der Waals surface area contributed by atoms with Crippen LogP contribution in [0.15, 0.2) is 42.5 Å². The van der Waals surface area contributed by atoms with Gasteiger partial charge in [-0.25, -0.2) is 8.78 Å². The van der Waals surface area contributed by atoms with Gasteiger partial charge in [0.25, 0.3) is 0 Å². The summed E-state index contributed by atoms with van der Waals surface area (Å²) in [6, 6.07) is 11.5. The van der Waals surface area contributed by atoms with Crippen LogP contribution in [0.3, 0.4) is 0 Å². The van der Waals surface area contributed by atoms with Crippen LogP contribution >= 0.6 is 0 Å². The van der Waals surface area contributed by atoms with Gasteiger partial charge in [-0.2, -0.15) is 0 Å². The largest absolute Gasteiger partial charge is 0.496 e. The van der Waals surface area contributed by atoms with Crippen molar-refractivity contribution >= 4 is 5.91 Å². The number of amides is 1. The van der Waals surface area contributed by atoms with E-state index < -0.39 is 11.6 Å². The van der Waals surface area contributed by atoms with Crippen molar-refractivity contribution in [1.82, 2.24) is 10.2 Å². The van der Waals surface area contributed by atoms with Crippen LogP contribution in [0, 0.1) is 11.6 Å². The first-order valence-electron chi connectivity index (χ1n) is 9.17. The smallest absolute Gasteiger partial charge is 0.223 e. The molecular formula is C21H24F2N2O2. The average molecular weight is 374 g/mol. The summed E-state index contributed by atoms with van der Waals surface area (Å²) in [7, 11) is 1.63. The van der Waals surface area contributed by atoms with Crippen LogP contribution in [0.2, 0.25) is 0 Å². The minimum Gasteiger partial charge on any atom is -0.496 e. The van der Waals surface area contributed by atoms with E-state index in [0.717, 1.165) is 23.9 Å². The summed E-state index contributed by atoms with van der Waals surface area (Å²) in [5.41, 5.74) is 1.68. The van der Waals surface area contributed by atoms with E-state index in [-0.39, 0.29) is 11.9 Å². The fraction of sp³-hybridized carbons (Fsp3) is 0.381. The van der Waals surface area contributed by atoms with E-state index in [0.29, 0.717) is 37.9 Å². The Hall–Kier alpha value is -2.47. The summed E-state index contributed by atoms with van der Waals surface area (Å²) < 4.78 is 31.8. The Balaban J connectivity index is 1.64. The number of piperazine rings is 1. The van der Waals surface area contributed by atoms with Gasteiger partial charge >= 0.3 is 0 Å². The molecule has 0 radical (unpaired) electrons. The van der Waals surface area contributed by atoms with Gasteiger partial charge in [0.1, 0.15) is 5.75 Å². The van der Waals surface area contributed by atoms with E-state index in [1.165, 1.54) is 6.07 Å². The Kier molecular flexibility index (Phi) is 6.40. The molecule has 6 heteroatoms. The van der Waals surface area contributed by atoms with Crippen LogP contribution in [0.4, 0.5) is 8.78 Å². The topological polar surface area (TPSA) is 41.6 Å². The summed E-state index contributed by atoms with van der Waals surface area (Å²) >= 11 is 0. The molecule has 0 bridgehead atoms. The summed E-state index contributed by atoms with van der Waals surface area (Å²) in [6.07, 6.45) is 1.49. The van der Waals surface area contributed by atoms with Crippen molar-refractivity contribution in [2.75, 3.05) is 26.7 Å². The molecule has 1 saturated heterocycles. The number of para-hydroxylation sites is 1. The maximum atomic E-state index is 13.3. The number of aryl methyl sites for hydroxylation is 1. The lowest BCUT2D eigenvalue weighted by atomic mass is 10.0. The highest BCUT2D eigenvalue weighted by molar-refractivity contribution is 5.77. The number of carbonyl (C=O) groups is 1. The molecule has 0 spiro atoms. The van der Waals surface area contributed by atoms with Gasteiger partial charge in [0.05, 0.1) is 13.2 Å². The summed E-state index contributed by atoms with van der Waals surface area (Å²) in [5.74, 6) is -0.867. The van der Waals surface area contributed by atoms with Crippen molar-refractivity contribution in [2.45, 2.75) is 25.3 Å². The molecule has 1 aliphatic heterocycles. The first-order chi connectivity index (χ1) is 13.1. The van der Waals surface area contributed by atoms with Gasteiger partial charge in [-0.1, -0.05) is 24.3 Å². The van der Waals surface area contributed by atoms with Crippen molar-refractivity contribution in [1.29, 1.82) is 0 Å². The van der Waals surface area contributed by atoms with E-state index >= 15 is 0 Å². The zero-order valence-corrected chi connectivity index (χ0v) is 15.4. The first-order valence-corrected chi connectivity index (χ1v) is 9.17. The van der Waals surface area contributed by atoms with Gasteiger partial charge in [0, 0.05) is 31.6 Å². The average Bonchev–Trinajstić information content (AvgIpc) is 2.70. The molecule has 2 aromatic rings. The van der Waals surface area contributed by atoms with Crippen molar-refractivity contribution < 1.29 is 18.3 Å². The second-order valence-electron chi connectivity index (χ2n) is 6.65. The number of ether oxygens (including phenoxy) is 1. The van der Waals surface area contributed by atoms with Crippen LogP contribution < -0.4 is 10.1 Å². The summed E-state index contributed by atoms with van der Waals surface area (Å²) in [4.78, 5) is 14.7. The Morgan fingerprint density at radius 2 is 2.04 bits per heavy atom. The Labute approximate surface area is 158 Å². The van der Waals surface area contributed by atoms with Crippen molar-refractivity contribution in [3.05, 3.63) is 65.2 Å². The normalized spacial score (nSPS) is 17.0. The van der Waals surface area contributed by atoms with E-state index in [2.05, 4.69) is 5.32 Å². The lowest BCUT2D eigenvalue weighted by Gasteiger charge is -2.37. The third-order valence-electron chi connectivity index (χ3n) is 4.90. The third kappa shape index (κ3) is 4.63. The maximum Gasteiger partial charge on any atom is 0.223 e. The second kappa shape index (κ2) is 8.95. The maximum absolute atomic E-state index is 13.3. The molecule has 4 nitrogen and oxygen atoms in total. The highest BCUT2D eigenvalue weighted by Gasteiger charge is 2.29. The van der Waals surface area contributed by atoms with Crippen LogP contribution in [-0.2, 0) is 11.2 Å². The molecule has 144 valence electrons. The van der Waals surface area contributed by atoms with Crippen LogP contribution in [0.1, 0.15) is 30.0 Å². The fourth-order valence-corrected chi connectivity index (χ4v) is 3.50. The Morgan fingerprint density at radius 1 is 1.22 bits per heavy atom. The summed E-state index contributed by atoms with van der Waals surface area (Å²) in [5, 5.41) is 3.34. The molecule has 0 aromatic heterocycles. The molecule has 27 heavy (non-hydrogen) atoms. The molecule has 1 amide bonds. The zero-order chi connectivity index (χ0) is 19.2. The van der Waals surface area contributed by atoms with E-state index in [9.17, 15) is 13.6 Å². The number of benzene rings is 2. The lowest BCUT2D eigenvalue weighted by molar-refractivity contribution is -0.134. The number of halogens is 2. The predicted molar refractivity (Wildman–Crippen MR) is 99.6 cm³/mol. The Bertz CT molecular complexity index is 798. The van der Waals surface area contributed by atoms with Gasteiger partial charge in [-0.3, -0.25) is 4.79 Å². The summed E-state index contributed by atoms with van der Waals surface area (Å²) in [6.45, 7) is 2.06. The predicted octanol–water partition coefficient (Wildman–Crippen LogP) is 3.47. The second-order valence-corrected chi connectivity index (χ2v) is 6.65. The van der Waals surface area contributed by atoms with Gasteiger partial charge < -0.3 is 15.0 Å². The molecule has 2 aromatic carbocycles. The van der Waals surface area contributed by atoms with E-state index in [4.69, 9.17) is 4.74 Å². The minimum atomic E-state index is -0.852. The van der Waals surface area contributed by atoms with Gasteiger partial charge in [-0.15, -0.1) is 0 Å². The number of methoxy groups -OCH3 is 1. The first kappa shape index (κ1) is 19.3. The minimum absolute atomic E-state index is 0.0648. The quantitative estimate of drug-likeness (QED) is 0.842. The molecule has 1 fully saturated rings. The van der Waals surface area contributed by atoms with Crippen molar-refractivity contribution in [3.8, 4) is 5.75 Å². The van der Waals surface area contributed by atoms with Gasteiger partial charge in [0.15, 0.2) is 11.6 Å². The molecule has 0 aliphatic carbocycles. The number of hydrogen-bond donors (Lipinski definition) is 1. The SMILES string of the molecule is COc1ccccc1C1CNCCN1C(=O)CCCc1ccc(F)c(F)c1. The third-order valence-corrected chi connectivity index (χ3v) is 4.90. The van der Waals surface area contributed by atoms with E-state index in [1.54, 1.807) is 13.2 Å². The fourth-order valence-electron chi connectivity index (χ4n) is 3.50. The van der Waals surface area contributed by atoms with Crippen LogP contribution in [0.25, 0.3) is 0 Å². The number of hydrogen-bond acceptors (Lipinski definition) is 3. The highest BCUT2D eigenvalue weighted by Crippen LogP contribution is 2.30. The van der Waals surface area contributed by atoms with Gasteiger partial charge in [-0.05, 0) is 36.6 Å².